The Morgan fingerprint density at radius 2 is 2.14 bits per heavy atom. The molecule has 1 heterocycles. The van der Waals surface area contributed by atoms with Gasteiger partial charge in [-0.3, -0.25) is 9.48 Å². The predicted octanol–water partition coefficient (Wildman–Crippen LogP) is 2.29. The van der Waals surface area contributed by atoms with Crippen LogP contribution in [0, 0.1) is 0 Å². The lowest BCUT2D eigenvalue weighted by molar-refractivity contribution is -0.153. The summed E-state index contributed by atoms with van der Waals surface area (Å²) in [4.78, 5) is 12.0. The second-order valence-corrected chi connectivity index (χ2v) is 4.56. The zero-order valence-corrected chi connectivity index (χ0v) is 11.7. The smallest absolute Gasteiger partial charge is 0.422 e. The van der Waals surface area contributed by atoms with E-state index in [1.54, 1.807) is 24.0 Å². The summed E-state index contributed by atoms with van der Waals surface area (Å²) in [5.41, 5.74) is 1.03. The Hall–Kier alpha value is -2.51. The number of nitrogens with one attached hydrogen (secondary N) is 1. The third kappa shape index (κ3) is 4.51. The number of aromatic nitrogens is 2. The number of halogens is 3. The lowest BCUT2D eigenvalue weighted by Crippen LogP contribution is -2.24. The maximum Gasteiger partial charge on any atom is 0.422 e. The Kier molecular flexibility index (Phi) is 4.69. The maximum absolute atomic E-state index is 12.1. The highest BCUT2D eigenvalue weighted by atomic mass is 19.4. The van der Waals surface area contributed by atoms with Crippen LogP contribution in [0.2, 0.25) is 0 Å². The Balaban J connectivity index is 1.96. The molecule has 8 heteroatoms. The first-order chi connectivity index (χ1) is 10.3. The summed E-state index contributed by atoms with van der Waals surface area (Å²) in [7, 11) is 1.74. The van der Waals surface area contributed by atoms with Crippen molar-refractivity contribution in [3.05, 3.63) is 47.8 Å². The van der Waals surface area contributed by atoms with Crippen molar-refractivity contribution in [3.63, 3.8) is 0 Å². The maximum atomic E-state index is 12.1. The molecule has 0 saturated carbocycles. The van der Waals surface area contributed by atoms with Crippen molar-refractivity contribution in [3.8, 4) is 5.75 Å². The minimum atomic E-state index is -4.42. The molecule has 0 spiro atoms. The van der Waals surface area contributed by atoms with E-state index in [9.17, 15) is 18.0 Å². The van der Waals surface area contributed by atoms with Crippen LogP contribution in [0.3, 0.4) is 0 Å². The van der Waals surface area contributed by atoms with Crippen molar-refractivity contribution in [2.45, 2.75) is 12.7 Å². The highest BCUT2D eigenvalue weighted by Crippen LogP contribution is 2.19. The summed E-state index contributed by atoms with van der Waals surface area (Å²) >= 11 is 0. The molecule has 0 aliphatic carbocycles. The molecule has 2 aromatic rings. The lowest BCUT2D eigenvalue weighted by Gasteiger charge is -2.10. The Morgan fingerprint density at radius 1 is 1.36 bits per heavy atom. The largest absolute Gasteiger partial charge is 0.484 e. The molecule has 0 atom stereocenters. The van der Waals surface area contributed by atoms with Gasteiger partial charge in [0.25, 0.3) is 5.91 Å². The van der Waals surface area contributed by atoms with Crippen molar-refractivity contribution in [1.29, 1.82) is 0 Å². The molecule has 0 aliphatic rings. The molecular weight excluding hydrogens is 299 g/mol. The number of carbonyl (C=O) groups is 1. The van der Waals surface area contributed by atoms with Crippen LogP contribution in [0.5, 0.6) is 5.75 Å². The van der Waals surface area contributed by atoms with Crippen molar-refractivity contribution in [2.24, 2.45) is 7.05 Å². The van der Waals surface area contributed by atoms with Crippen LogP contribution in [0.4, 0.5) is 13.2 Å². The van der Waals surface area contributed by atoms with Gasteiger partial charge in [0, 0.05) is 18.8 Å². The van der Waals surface area contributed by atoms with Gasteiger partial charge in [0.1, 0.15) is 5.75 Å². The van der Waals surface area contributed by atoms with Crippen molar-refractivity contribution in [2.75, 3.05) is 6.61 Å². The van der Waals surface area contributed by atoms with Crippen LogP contribution in [-0.4, -0.2) is 28.5 Å². The number of carbonyl (C=O) groups excluding carboxylic acids is 1. The number of amides is 1. The fourth-order valence-electron chi connectivity index (χ4n) is 1.74. The van der Waals surface area contributed by atoms with Crippen LogP contribution in [0.15, 0.2) is 36.5 Å². The van der Waals surface area contributed by atoms with E-state index in [0.29, 0.717) is 0 Å². The Bertz CT molecular complexity index is 653. The van der Waals surface area contributed by atoms with E-state index < -0.39 is 18.7 Å². The number of alkyl halides is 3. The predicted molar refractivity (Wildman–Crippen MR) is 72.4 cm³/mol. The molecule has 0 radical (unpaired) electrons. The summed E-state index contributed by atoms with van der Waals surface area (Å²) < 4.78 is 42.5. The number of hydrogen-bond donors (Lipinski definition) is 1. The molecular formula is C14H14F3N3O2. The van der Waals surface area contributed by atoms with Crippen LogP contribution in [0.25, 0.3) is 0 Å². The highest BCUT2D eigenvalue weighted by molar-refractivity contribution is 5.94. The number of hydrogen-bond acceptors (Lipinski definition) is 3. The second-order valence-electron chi connectivity index (χ2n) is 4.56. The molecule has 22 heavy (non-hydrogen) atoms. The summed E-state index contributed by atoms with van der Waals surface area (Å²) in [6.07, 6.45) is -2.81. The van der Waals surface area contributed by atoms with Crippen LogP contribution in [-0.2, 0) is 13.6 Å². The normalized spacial score (nSPS) is 11.3. The molecule has 0 saturated heterocycles. The number of nitrogens with zero attached hydrogens (tertiary/aromatic N) is 2. The van der Waals surface area contributed by atoms with Gasteiger partial charge in [-0.15, -0.1) is 0 Å². The first-order valence-corrected chi connectivity index (χ1v) is 6.40. The van der Waals surface area contributed by atoms with Crippen molar-refractivity contribution in [1.82, 2.24) is 15.1 Å². The van der Waals surface area contributed by atoms with E-state index >= 15 is 0 Å². The monoisotopic (exact) mass is 313 g/mol. The molecule has 118 valence electrons. The standard InChI is InChI=1S/C14H14F3N3O2/c1-20-11(5-6-19-20)8-18-13(21)10-3-2-4-12(7-10)22-9-14(15,16)17/h2-7H,8-9H2,1H3,(H,18,21). The number of ether oxygens (including phenoxy) is 1. The minimum Gasteiger partial charge on any atom is -0.484 e. The van der Waals surface area contributed by atoms with Crippen LogP contribution < -0.4 is 10.1 Å². The van der Waals surface area contributed by atoms with Gasteiger partial charge >= 0.3 is 6.18 Å². The first kappa shape index (κ1) is 15.9. The fourth-order valence-corrected chi connectivity index (χ4v) is 1.74. The van der Waals surface area contributed by atoms with Gasteiger partial charge in [0.2, 0.25) is 0 Å². The summed E-state index contributed by atoms with van der Waals surface area (Å²) in [6, 6.07) is 7.35. The van der Waals surface area contributed by atoms with E-state index in [-0.39, 0.29) is 17.9 Å². The third-order valence-electron chi connectivity index (χ3n) is 2.85. The minimum absolute atomic E-state index is 0.00879. The van der Waals surface area contributed by atoms with Crippen molar-refractivity contribution < 1.29 is 22.7 Å². The average molecular weight is 313 g/mol. The zero-order chi connectivity index (χ0) is 16.2. The first-order valence-electron chi connectivity index (χ1n) is 6.40. The molecule has 2 rings (SSSR count). The van der Waals surface area contributed by atoms with E-state index in [1.165, 1.54) is 24.3 Å². The molecule has 0 bridgehead atoms. The van der Waals surface area contributed by atoms with E-state index in [4.69, 9.17) is 0 Å². The summed E-state index contributed by atoms with van der Waals surface area (Å²) in [5.74, 6) is -0.413. The van der Waals surface area contributed by atoms with Gasteiger partial charge in [-0.1, -0.05) is 6.07 Å². The zero-order valence-electron chi connectivity index (χ0n) is 11.7. The third-order valence-corrected chi connectivity index (χ3v) is 2.85. The fraction of sp³-hybridized carbons (Fsp3) is 0.286. The molecule has 1 amide bonds. The Labute approximate surface area is 124 Å². The van der Waals surface area contributed by atoms with Crippen LogP contribution in [0.1, 0.15) is 16.1 Å². The molecule has 0 unspecified atom stereocenters. The molecule has 5 nitrogen and oxygen atoms in total. The number of rotatable bonds is 5. The number of aryl methyl sites for hydroxylation is 1. The van der Waals surface area contributed by atoms with E-state index in [2.05, 4.69) is 15.2 Å². The van der Waals surface area contributed by atoms with Gasteiger partial charge in [0.15, 0.2) is 6.61 Å². The van der Waals surface area contributed by atoms with Gasteiger partial charge in [-0.05, 0) is 24.3 Å². The van der Waals surface area contributed by atoms with E-state index in [0.717, 1.165) is 5.69 Å². The molecule has 0 fully saturated rings. The van der Waals surface area contributed by atoms with Gasteiger partial charge in [-0.25, -0.2) is 0 Å². The molecule has 1 aromatic carbocycles. The highest BCUT2D eigenvalue weighted by Gasteiger charge is 2.28. The summed E-state index contributed by atoms with van der Waals surface area (Å²) in [6.45, 7) is -1.13. The van der Waals surface area contributed by atoms with E-state index in [1.807, 2.05) is 0 Å². The molecule has 1 aromatic heterocycles. The number of benzene rings is 1. The second kappa shape index (κ2) is 6.50. The topological polar surface area (TPSA) is 56.2 Å². The van der Waals surface area contributed by atoms with Crippen molar-refractivity contribution >= 4 is 5.91 Å². The Morgan fingerprint density at radius 3 is 2.77 bits per heavy atom. The van der Waals surface area contributed by atoms with Gasteiger partial charge in [0.05, 0.1) is 12.2 Å². The summed E-state index contributed by atoms with van der Waals surface area (Å²) in [5, 5.41) is 6.63. The molecule has 1 N–H and O–H groups in total. The van der Waals surface area contributed by atoms with Crippen LogP contribution >= 0.6 is 0 Å². The lowest BCUT2D eigenvalue weighted by atomic mass is 10.2. The average Bonchev–Trinajstić information content (AvgIpc) is 2.87. The van der Waals surface area contributed by atoms with Gasteiger partial charge < -0.3 is 10.1 Å². The SMILES string of the molecule is Cn1nccc1CNC(=O)c1cccc(OCC(F)(F)F)c1. The van der Waals surface area contributed by atoms with Gasteiger partial charge in [-0.2, -0.15) is 18.3 Å². The molecule has 0 aliphatic heterocycles. The quantitative estimate of drug-likeness (QED) is 0.921.